The van der Waals surface area contributed by atoms with Crippen LogP contribution >= 0.6 is 11.6 Å². The molecule has 1 aliphatic rings. The zero-order valence-electron chi connectivity index (χ0n) is 10.8. The second-order valence-corrected chi connectivity index (χ2v) is 4.78. The van der Waals surface area contributed by atoms with Gasteiger partial charge in [-0.15, -0.1) is 0 Å². The Morgan fingerprint density at radius 2 is 2.15 bits per heavy atom. The Balaban J connectivity index is 2.03. The Labute approximate surface area is 121 Å². The van der Waals surface area contributed by atoms with Gasteiger partial charge in [-0.2, -0.15) is 0 Å². The third-order valence-corrected chi connectivity index (χ3v) is 3.39. The van der Waals surface area contributed by atoms with Crippen LogP contribution in [0.25, 0.3) is 0 Å². The fraction of sp³-hybridized carbons (Fsp3) is 0.417. The summed E-state index contributed by atoms with van der Waals surface area (Å²) in [5.41, 5.74) is 0.0493. The lowest BCUT2D eigenvalue weighted by molar-refractivity contribution is -0.383. The van der Waals surface area contributed by atoms with Crippen molar-refractivity contribution < 1.29 is 9.72 Å². The molecular weight excluding hydrogens is 284 g/mol. The van der Waals surface area contributed by atoms with E-state index in [-0.39, 0.29) is 28.8 Å². The second-order valence-electron chi connectivity index (χ2n) is 4.38. The van der Waals surface area contributed by atoms with Gasteiger partial charge in [-0.25, -0.2) is 0 Å². The molecule has 7 nitrogen and oxygen atoms in total. The molecule has 0 atom stereocenters. The predicted molar refractivity (Wildman–Crippen MR) is 76.0 cm³/mol. The van der Waals surface area contributed by atoms with Crippen molar-refractivity contribution in [3.8, 4) is 0 Å². The number of nitro benzene ring substituents is 1. The molecule has 0 unspecified atom stereocenters. The van der Waals surface area contributed by atoms with Crippen LogP contribution < -0.4 is 10.6 Å². The minimum Gasteiger partial charge on any atom is -0.369 e. The minimum atomic E-state index is -0.524. The molecular formula is C12H15ClN4O3. The maximum atomic E-state index is 12.0. The summed E-state index contributed by atoms with van der Waals surface area (Å²) in [5.74, 6) is -0.0966. The van der Waals surface area contributed by atoms with E-state index < -0.39 is 4.92 Å². The van der Waals surface area contributed by atoms with Crippen molar-refractivity contribution in [1.82, 2.24) is 10.2 Å². The molecule has 1 aromatic rings. The van der Waals surface area contributed by atoms with E-state index in [1.165, 1.54) is 12.1 Å². The largest absolute Gasteiger partial charge is 0.369 e. The maximum Gasteiger partial charge on any atom is 0.293 e. The number of nitrogens with zero attached hydrogens (tertiary/aromatic N) is 2. The molecule has 0 bridgehead atoms. The normalized spacial score (nSPS) is 14.9. The van der Waals surface area contributed by atoms with Crippen LogP contribution in [-0.4, -0.2) is 48.5 Å². The first-order valence-corrected chi connectivity index (χ1v) is 6.62. The molecule has 8 heteroatoms. The highest BCUT2D eigenvalue weighted by Gasteiger charge is 2.20. The van der Waals surface area contributed by atoms with Gasteiger partial charge in [0.05, 0.1) is 16.5 Å². The van der Waals surface area contributed by atoms with E-state index in [0.29, 0.717) is 13.1 Å². The van der Waals surface area contributed by atoms with Gasteiger partial charge < -0.3 is 15.5 Å². The van der Waals surface area contributed by atoms with Gasteiger partial charge in [-0.1, -0.05) is 17.7 Å². The van der Waals surface area contributed by atoms with E-state index in [1.54, 1.807) is 11.0 Å². The van der Waals surface area contributed by atoms with Gasteiger partial charge in [0, 0.05) is 32.2 Å². The van der Waals surface area contributed by atoms with Crippen LogP contribution in [0, 0.1) is 10.1 Å². The van der Waals surface area contributed by atoms with E-state index in [4.69, 9.17) is 11.6 Å². The molecule has 1 fully saturated rings. The Bertz CT molecular complexity index is 517. The van der Waals surface area contributed by atoms with Gasteiger partial charge in [0.25, 0.3) is 5.69 Å². The lowest BCUT2D eigenvalue weighted by Crippen LogP contribution is -2.48. The number of hydrogen-bond donors (Lipinski definition) is 2. The number of piperazine rings is 1. The van der Waals surface area contributed by atoms with Gasteiger partial charge in [0.1, 0.15) is 5.69 Å². The molecule has 1 aromatic carbocycles. The molecule has 0 radical (unpaired) electrons. The number of hydrogen-bond acceptors (Lipinski definition) is 5. The lowest BCUT2D eigenvalue weighted by Gasteiger charge is -2.27. The molecule has 1 heterocycles. The topological polar surface area (TPSA) is 87.5 Å². The predicted octanol–water partition coefficient (Wildman–Crippen LogP) is 1.09. The first-order valence-electron chi connectivity index (χ1n) is 6.25. The molecule has 0 spiro atoms. The number of nitro groups is 1. The average molecular weight is 299 g/mol. The van der Waals surface area contributed by atoms with Crippen LogP contribution in [0.4, 0.5) is 11.4 Å². The first-order chi connectivity index (χ1) is 9.59. The summed E-state index contributed by atoms with van der Waals surface area (Å²) in [6.07, 6.45) is 0. The lowest BCUT2D eigenvalue weighted by atomic mass is 10.2. The molecule has 0 aromatic heterocycles. The molecule has 1 aliphatic heterocycles. The van der Waals surface area contributed by atoms with Crippen LogP contribution in [0.1, 0.15) is 0 Å². The molecule has 108 valence electrons. The highest BCUT2D eigenvalue weighted by Crippen LogP contribution is 2.31. The minimum absolute atomic E-state index is 0.00935. The highest BCUT2D eigenvalue weighted by atomic mass is 35.5. The SMILES string of the molecule is O=C(CNc1c(Cl)cccc1[N+](=O)[O-])N1CCNCC1. The highest BCUT2D eigenvalue weighted by molar-refractivity contribution is 6.33. The number of para-hydroxylation sites is 1. The summed E-state index contributed by atoms with van der Waals surface area (Å²) in [7, 11) is 0. The van der Waals surface area contributed by atoms with Gasteiger partial charge >= 0.3 is 0 Å². The average Bonchev–Trinajstić information content (AvgIpc) is 2.46. The van der Waals surface area contributed by atoms with Gasteiger partial charge in [-0.3, -0.25) is 14.9 Å². The zero-order chi connectivity index (χ0) is 14.5. The fourth-order valence-electron chi connectivity index (χ4n) is 2.03. The van der Waals surface area contributed by atoms with Gasteiger partial charge in [0.15, 0.2) is 0 Å². The van der Waals surface area contributed by atoms with E-state index in [9.17, 15) is 14.9 Å². The van der Waals surface area contributed by atoms with Crippen LogP contribution in [0.3, 0.4) is 0 Å². The van der Waals surface area contributed by atoms with Crippen LogP contribution in [0.5, 0.6) is 0 Å². The number of carbonyl (C=O) groups is 1. The van der Waals surface area contributed by atoms with Crippen LogP contribution in [0.2, 0.25) is 5.02 Å². The Kier molecular flexibility index (Phi) is 4.75. The summed E-state index contributed by atoms with van der Waals surface area (Å²) < 4.78 is 0. The third kappa shape index (κ3) is 3.37. The summed E-state index contributed by atoms with van der Waals surface area (Å²) in [6.45, 7) is 2.80. The standard InChI is InChI=1S/C12H15ClN4O3/c13-9-2-1-3-10(17(19)20)12(9)15-8-11(18)16-6-4-14-5-7-16/h1-3,14-15H,4-8H2. The molecule has 2 rings (SSSR count). The summed E-state index contributed by atoms with van der Waals surface area (Å²) in [4.78, 5) is 24.1. The van der Waals surface area contributed by atoms with Crippen molar-refractivity contribution in [3.63, 3.8) is 0 Å². The van der Waals surface area contributed by atoms with Crippen molar-refractivity contribution in [2.75, 3.05) is 38.0 Å². The van der Waals surface area contributed by atoms with Gasteiger partial charge in [0.2, 0.25) is 5.91 Å². The summed E-state index contributed by atoms with van der Waals surface area (Å²) >= 11 is 5.94. The Hall–Kier alpha value is -1.86. The van der Waals surface area contributed by atoms with Crippen LogP contribution in [0.15, 0.2) is 18.2 Å². The monoisotopic (exact) mass is 298 g/mol. The molecule has 2 N–H and O–H groups in total. The quantitative estimate of drug-likeness (QED) is 0.642. The van der Waals surface area contributed by atoms with Crippen molar-refractivity contribution in [2.24, 2.45) is 0 Å². The molecule has 20 heavy (non-hydrogen) atoms. The van der Waals surface area contributed by atoms with Gasteiger partial charge in [-0.05, 0) is 6.07 Å². The van der Waals surface area contributed by atoms with E-state index >= 15 is 0 Å². The van der Waals surface area contributed by atoms with Crippen LogP contribution in [-0.2, 0) is 4.79 Å². The summed E-state index contributed by atoms with van der Waals surface area (Å²) in [5, 5.41) is 17.1. The smallest absolute Gasteiger partial charge is 0.293 e. The Morgan fingerprint density at radius 1 is 1.45 bits per heavy atom. The van der Waals surface area contributed by atoms with Crippen molar-refractivity contribution in [2.45, 2.75) is 0 Å². The van der Waals surface area contributed by atoms with E-state index in [0.717, 1.165) is 13.1 Å². The number of anilines is 1. The van der Waals surface area contributed by atoms with E-state index in [1.807, 2.05) is 0 Å². The van der Waals surface area contributed by atoms with Crippen molar-refractivity contribution >= 4 is 28.9 Å². The number of nitrogens with one attached hydrogen (secondary N) is 2. The van der Waals surface area contributed by atoms with Crippen molar-refractivity contribution in [3.05, 3.63) is 33.3 Å². The second kappa shape index (κ2) is 6.53. The number of carbonyl (C=O) groups excluding carboxylic acids is 1. The van der Waals surface area contributed by atoms with E-state index in [2.05, 4.69) is 10.6 Å². The number of benzene rings is 1. The first kappa shape index (κ1) is 14.5. The molecule has 0 saturated carbocycles. The van der Waals surface area contributed by atoms with Crippen molar-refractivity contribution in [1.29, 1.82) is 0 Å². The summed E-state index contributed by atoms with van der Waals surface area (Å²) in [6, 6.07) is 4.40. The zero-order valence-corrected chi connectivity index (χ0v) is 11.5. The molecule has 0 aliphatic carbocycles. The molecule has 1 saturated heterocycles. The third-order valence-electron chi connectivity index (χ3n) is 3.07. The number of rotatable bonds is 4. The Morgan fingerprint density at radius 3 is 2.80 bits per heavy atom. The number of amides is 1. The fourth-order valence-corrected chi connectivity index (χ4v) is 2.27. The number of halogens is 1. The maximum absolute atomic E-state index is 12.0. The molecule has 1 amide bonds.